The zero-order valence-corrected chi connectivity index (χ0v) is 21.7. The number of para-hydroxylation sites is 1. The molecule has 4 heterocycles. The van der Waals surface area contributed by atoms with Crippen LogP contribution in [0.4, 0.5) is 0 Å². The Balaban J connectivity index is 1.52. The number of benzene rings is 5. The fourth-order valence-corrected chi connectivity index (χ4v) is 7.19. The Hall–Kier alpha value is -5.13. The van der Waals surface area contributed by atoms with Gasteiger partial charge in [0.25, 0.3) is 0 Å². The van der Waals surface area contributed by atoms with Crippen molar-refractivity contribution in [3.63, 3.8) is 0 Å². The van der Waals surface area contributed by atoms with Crippen LogP contribution in [0, 0.1) is 0 Å². The van der Waals surface area contributed by atoms with Gasteiger partial charge in [-0.3, -0.25) is 9.55 Å². The molecule has 0 amide bonds. The van der Waals surface area contributed by atoms with E-state index in [0.29, 0.717) is 17.0 Å². The van der Waals surface area contributed by atoms with Crippen molar-refractivity contribution < 1.29 is 6.85 Å². The van der Waals surface area contributed by atoms with Gasteiger partial charge in [-0.1, -0.05) is 90.9 Å². The highest BCUT2D eigenvalue weighted by Crippen LogP contribution is 2.47. The molecule has 0 aliphatic rings. The molecule has 0 aliphatic heterocycles. The van der Waals surface area contributed by atoms with E-state index in [1.54, 1.807) is 23.6 Å². The second-order valence-corrected chi connectivity index (χ2v) is 10.7. The van der Waals surface area contributed by atoms with Crippen LogP contribution < -0.4 is 0 Å². The Morgan fingerprint density at radius 1 is 0.675 bits per heavy atom. The van der Waals surface area contributed by atoms with Gasteiger partial charge < -0.3 is 0 Å². The van der Waals surface area contributed by atoms with E-state index in [4.69, 9.17) is 16.8 Å². The highest BCUT2D eigenvalue weighted by atomic mass is 32.1. The van der Waals surface area contributed by atoms with Crippen molar-refractivity contribution in [2.75, 3.05) is 0 Å². The molecular formula is C35H20N4S. The van der Waals surface area contributed by atoms with Crippen LogP contribution in [0.2, 0.25) is 0 Å². The molecule has 0 spiro atoms. The van der Waals surface area contributed by atoms with E-state index in [1.807, 2.05) is 24.3 Å². The molecule has 0 N–H and O–H groups in total. The Labute approximate surface area is 239 Å². The standard InChI is InChI=1S/C35H20N4S/c1-2-11-21(12-3-1)31-32-26(17-10-20-36-32)37-35(38-31)39-27-18-8-6-15-24(27)29-22-13-4-5-14-23(22)30-25-16-7-9-19-28(25)40-34(30)33(29)39/h1-20H/i1D,2D,3D,11D,12D. The summed E-state index contributed by atoms with van der Waals surface area (Å²) < 4.78 is 46.7. The van der Waals surface area contributed by atoms with Gasteiger partial charge in [0.05, 0.1) is 28.1 Å². The Morgan fingerprint density at radius 3 is 2.25 bits per heavy atom. The van der Waals surface area contributed by atoms with Crippen LogP contribution in [0.1, 0.15) is 6.85 Å². The largest absolute Gasteiger partial charge is 0.276 e. The topological polar surface area (TPSA) is 43.6 Å². The molecule has 0 saturated heterocycles. The number of rotatable bonds is 2. The molecule has 4 aromatic heterocycles. The van der Waals surface area contributed by atoms with Gasteiger partial charge in [0.15, 0.2) is 0 Å². The second kappa shape index (κ2) is 8.18. The maximum atomic E-state index is 8.75. The first kappa shape index (κ1) is 17.5. The second-order valence-electron chi connectivity index (χ2n) is 9.67. The van der Waals surface area contributed by atoms with Crippen LogP contribution in [0.3, 0.4) is 0 Å². The molecule has 40 heavy (non-hydrogen) atoms. The lowest BCUT2D eigenvalue weighted by Gasteiger charge is -2.12. The van der Waals surface area contributed by atoms with E-state index in [0.717, 1.165) is 37.3 Å². The predicted molar refractivity (Wildman–Crippen MR) is 168 cm³/mol. The third-order valence-electron chi connectivity index (χ3n) is 7.53. The van der Waals surface area contributed by atoms with Crippen molar-refractivity contribution in [3.05, 3.63) is 121 Å². The van der Waals surface area contributed by atoms with Crippen molar-refractivity contribution in [2.24, 2.45) is 0 Å². The van der Waals surface area contributed by atoms with Gasteiger partial charge in [-0.2, -0.15) is 0 Å². The zero-order chi connectivity index (χ0) is 30.6. The van der Waals surface area contributed by atoms with E-state index in [2.05, 4.69) is 64.1 Å². The smallest absolute Gasteiger partial charge is 0.235 e. The summed E-state index contributed by atoms with van der Waals surface area (Å²) in [6.07, 6.45) is 1.59. The lowest BCUT2D eigenvalue weighted by molar-refractivity contribution is 1.01. The van der Waals surface area contributed by atoms with Crippen LogP contribution in [0.5, 0.6) is 0 Å². The number of thiophene rings is 1. The third kappa shape index (κ3) is 2.92. The summed E-state index contributed by atoms with van der Waals surface area (Å²) in [4.78, 5) is 14.5. The minimum Gasteiger partial charge on any atom is -0.276 e. The molecule has 5 heteroatoms. The van der Waals surface area contributed by atoms with Gasteiger partial charge >= 0.3 is 0 Å². The molecular weight excluding hydrogens is 508 g/mol. The Morgan fingerprint density at radius 2 is 1.40 bits per heavy atom. The lowest BCUT2D eigenvalue weighted by atomic mass is 9.99. The van der Waals surface area contributed by atoms with Crippen molar-refractivity contribution in [1.29, 1.82) is 0 Å². The van der Waals surface area contributed by atoms with E-state index in [1.165, 1.54) is 15.5 Å². The molecule has 4 nitrogen and oxygen atoms in total. The summed E-state index contributed by atoms with van der Waals surface area (Å²) in [5, 5.41) is 6.75. The molecule has 0 fully saturated rings. The average Bonchev–Trinajstić information content (AvgIpc) is 3.63. The van der Waals surface area contributed by atoms with Crippen LogP contribution in [-0.4, -0.2) is 19.5 Å². The minimum atomic E-state index is -0.457. The fourth-order valence-electron chi connectivity index (χ4n) is 5.93. The predicted octanol–water partition coefficient (Wildman–Crippen LogP) is 9.31. The van der Waals surface area contributed by atoms with Crippen LogP contribution in [-0.2, 0) is 0 Å². The number of nitrogens with zero attached hydrogens (tertiary/aromatic N) is 4. The van der Waals surface area contributed by atoms with Crippen molar-refractivity contribution in [1.82, 2.24) is 19.5 Å². The highest BCUT2D eigenvalue weighted by Gasteiger charge is 2.23. The van der Waals surface area contributed by atoms with Crippen LogP contribution >= 0.6 is 11.3 Å². The van der Waals surface area contributed by atoms with E-state index in [-0.39, 0.29) is 23.3 Å². The molecule has 0 radical (unpaired) electrons. The molecule has 0 saturated carbocycles. The van der Waals surface area contributed by atoms with Crippen molar-refractivity contribution >= 4 is 75.1 Å². The molecule has 0 aliphatic carbocycles. The summed E-state index contributed by atoms with van der Waals surface area (Å²) in [6, 6.07) is 26.7. The van der Waals surface area contributed by atoms with E-state index in [9.17, 15) is 0 Å². The zero-order valence-electron chi connectivity index (χ0n) is 25.9. The molecule has 0 unspecified atom stereocenters. The number of fused-ring (bicyclic) bond motifs is 11. The first-order valence-corrected chi connectivity index (χ1v) is 13.7. The maximum Gasteiger partial charge on any atom is 0.235 e. The highest BCUT2D eigenvalue weighted by molar-refractivity contribution is 7.27. The van der Waals surface area contributed by atoms with Crippen molar-refractivity contribution in [2.45, 2.75) is 0 Å². The number of hydrogen-bond acceptors (Lipinski definition) is 4. The summed E-state index contributed by atoms with van der Waals surface area (Å²) in [7, 11) is 0. The SMILES string of the molecule is [2H]c1c([2H])c([2H])c(-c2nc(-n3c4ccccc4c4c5ccccc5c5c6ccccc6sc5c43)nc3cccnc23)c([2H])c1[2H]. The summed E-state index contributed by atoms with van der Waals surface area (Å²) in [5.74, 6) is 0.331. The van der Waals surface area contributed by atoms with Crippen molar-refractivity contribution in [3.8, 4) is 17.2 Å². The van der Waals surface area contributed by atoms with Crippen LogP contribution in [0.25, 0.3) is 81.0 Å². The average molecular weight is 534 g/mol. The minimum absolute atomic E-state index is 0.00780. The van der Waals surface area contributed by atoms with Gasteiger partial charge in [0.2, 0.25) is 5.95 Å². The molecule has 186 valence electrons. The molecule has 9 aromatic rings. The molecule has 9 rings (SSSR count). The quantitative estimate of drug-likeness (QED) is 0.222. The van der Waals surface area contributed by atoms with Gasteiger partial charge in [0, 0.05) is 38.0 Å². The Kier molecular flexibility index (Phi) is 3.57. The maximum absolute atomic E-state index is 8.75. The first-order valence-electron chi connectivity index (χ1n) is 15.4. The lowest BCUT2D eigenvalue weighted by Crippen LogP contribution is -2.04. The first-order chi connectivity index (χ1) is 21.9. The molecule has 0 atom stereocenters. The number of pyridine rings is 1. The normalized spacial score (nSPS) is 13.8. The third-order valence-corrected chi connectivity index (χ3v) is 8.71. The Bertz CT molecular complexity index is 2700. The van der Waals surface area contributed by atoms with Gasteiger partial charge in [-0.05, 0) is 35.0 Å². The monoisotopic (exact) mass is 533 g/mol. The summed E-state index contributed by atoms with van der Waals surface area (Å²) in [5.41, 5.74) is 2.90. The van der Waals surface area contributed by atoms with E-state index >= 15 is 0 Å². The molecule has 5 aromatic carbocycles. The van der Waals surface area contributed by atoms with Gasteiger partial charge in [0.1, 0.15) is 11.2 Å². The van der Waals surface area contributed by atoms with E-state index < -0.39 is 18.1 Å². The summed E-state index contributed by atoms with van der Waals surface area (Å²) in [6.45, 7) is 0. The molecule has 0 bridgehead atoms. The summed E-state index contributed by atoms with van der Waals surface area (Å²) >= 11 is 1.73. The fraction of sp³-hybridized carbons (Fsp3) is 0. The number of hydrogen-bond donors (Lipinski definition) is 0. The number of aromatic nitrogens is 4. The van der Waals surface area contributed by atoms with Gasteiger partial charge in [-0.25, -0.2) is 9.97 Å². The van der Waals surface area contributed by atoms with Crippen LogP contribution in [0.15, 0.2) is 121 Å². The van der Waals surface area contributed by atoms with Gasteiger partial charge in [-0.15, -0.1) is 11.3 Å².